The van der Waals surface area contributed by atoms with Crippen LogP contribution in [-0.2, 0) is 0 Å². The highest BCUT2D eigenvalue weighted by molar-refractivity contribution is 6.10. The van der Waals surface area contributed by atoms with E-state index in [1.807, 2.05) is 0 Å². The fraction of sp³-hybridized carbons (Fsp3) is 0. The molecule has 0 aliphatic rings. The molecule has 9 aromatic rings. The van der Waals surface area contributed by atoms with Crippen molar-refractivity contribution in [3.05, 3.63) is 194 Å². The average molecular weight is 637 g/mol. The number of rotatable bonds is 6. The van der Waals surface area contributed by atoms with Crippen LogP contribution in [0.5, 0.6) is 0 Å². The molecule has 1 heterocycles. The number of aromatic nitrogens is 2. The molecule has 0 unspecified atom stereocenters. The molecule has 0 aliphatic carbocycles. The van der Waals surface area contributed by atoms with Crippen LogP contribution >= 0.6 is 0 Å². The Morgan fingerprint density at radius 2 is 0.780 bits per heavy atom. The van der Waals surface area contributed by atoms with Crippen molar-refractivity contribution in [1.29, 1.82) is 0 Å². The lowest BCUT2D eigenvalue weighted by Crippen LogP contribution is -1.97. The zero-order valence-corrected chi connectivity index (χ0v) is 27.4. The van der Waals surface area contributed by atoms with Gasteiger partial charge in [-0.25, -0.2) is 9.97 Å². The first-order valence-electron chi connectivity index (χ1n) is 17.0. The third-order valence-corrected chi connectivity index (χ3v) is 9.50. The Labute approximate surface area is 292 Å². The van der Waals surface area contributed by atoms with E-state index >= 15 is 0 Å². The molecule has 0 amide bonds. The Hall–Kier alpha value is -6.64. The summed E-state index contributed by atoms with van der Waals surface area (Å²) in [6.45, 7) is 0. The molecule has 0 N–H and O–H groups in total. The van der Waals surface area contributed by atoms with E-state index in [2.05, 4.69) is 194 Å². The van der Waals surface area contributed by atoms with Crippen molar-refractivity contribution in [1.82, 2.24) is 9.97 Å². The molecule has 0 atom stereocenters. The summed E-state index contributed by atoms with van der Waals surface area (Å²) in [7, 11) is 0. The summed E-state index contributed by atoms with van der Waals surface area (Å²) in [5.74, 6) is 0.713. The van der Waals surface area contributed by atoms with Crippen molar-refractivity contribution >= 4 is 21.7 Å². The first kappa shape index (κ1) is 29.5. The molecule has 8 aromatic carbocycles. The molecule has 0 saturated carbocycles. The zero-order valence-electron chi connectivity index (χ0n) is 27.4. The van der Waals surface area contributed by atoms with Crippen molar-refractivity contribution in [2.24, 2.45) is 0 Å². The largest absolute Gasteiger partial charge is 0.227 e. The number of fused-ring (bicyclic) bond motifs is 3. The summed E-state index contributed by atoms with van der Waals surface area (Å²) in [5, 5.41) is 3.33. The Bertz CT molecular complexity index is 2620. The van der Waals surface area contributed by atoms with Crippen LogP contribution in [0.4, 0.5) is 0 Å². The predicted molar refractivity (Wildman–Crippen MR) is 210 cm³/mol. The minimum absolute atomic E-state index is 0.713. The monoisotopic (exact) mass is 636 g/mol. The maximum atomic E-state index is 5.31. The van der Waals surface area contributed by atoms with Crippen molar-refractivity contribution in [2.45, 2.75) is 0 Å². The van der Waals surface area contributed by atoms with Gasteiger partial charge in [0.1, 0.15) is 0 Å². The van der Waals surface area contributed by atoms with E-state index in [4.69, 9.17) is 9.97 Å². The minimum Gasteiger partial charge on any atom is -0.227 e. The number of hydrogen-bond donors (Lipinski definition) is 0. The molecule has 0 radical (unpaired) electrons. The van der Waals surface area contributed by atoms with Crippen LogP contribution in [0.2, 0.25) is 0 Å². The molecular weight excluding hydrogens is 605 g/mol. The molecule has 0 bridgehead atoms. The average Bonchev–Trinajstić information content (AvgIpc) is 3.21. The van der Waals surface area contributed by atoms with E-state index in [1.165, 1.54) is 27.8 Å². The maximum absolute atomic E-state index is 5.31. The normalized spacial score (nSPS) is 11.2. The number of nitrogens with zero attached hydrogens (tertiary/aromatic N) is 2. The molecular formula is C48H32N2. The first-order chi connectivity index (χ1) is 24.8. The highest BCUT2D eigenvalue weighted by Crippen LogP contribution is 2.38. The van der Waals surface area contributed by atoms with Gasteiger partial charge in [0, 0.05) is 21.9 Å². The Kier molecular flexibility index (Phi) is 7.53. The van der Waals surface area contributed by atoms with Crippen molar-refractivity contribution in [3.8, 4) is 67.2 Å². The van der Waals surface area contributed by atoms with Gasteiger partial charge in [0.05, 0.1) is 11.2 Å². The van der Waals surface area contributed by atoms with Gasteiger partial charge in [-0.3, -0.25) is 0 Å². The van der Waals surface area contributed by atoms with Gasteiger partial charge in [-0.15, -0.1) is 0 Å². The van der Waals surface area contributed by atoms with Gasteiger partial charge in [-0.05, 0) is 68.1 Å². The van der Waals surface area contributed by atoms with E-state index in [0.717, 1.165) is 55.2 Å². The molecule has 0 saturated heterocycles. The van der Waals surface area contributed by atoms with Crippen LogP contribution in [0.1, 0.15) is 0 Å². The quantitative estimate of drug-likeness (QED) is 0.170. The van der Waals surface area contributed by atoms with Gasteiger partial charge < -0.3 is 0 Å². The Morgan fingerprint density at radius 3 is 1.46 bits per heavy atom. The topological polar surface area (TPSA) is 25.8 Å². The summed E-state index contributed by atoms with van der Waals surface area (Å²) in [6, 6.07) is 68.7. The van der Waals surface area contributed by atoms with Crippen molar-refractivity contribution in [2.75, 3.05) is 0 Å². The maximum Gasteiger partial charge on any atom is 0.160 e. The molecule has 2 heteroatoms. The van der Waals surface area contributed by atoms with Gasteiger partial charge in [0.25, 0.3) is 0 Å². The highest BCUT2D eigenvalue weighted by atomic mass is 14.9. The Morgan fingerprint density at radius 1 is 0.280 bits per heavy atom. The molecule has 234 valence electrons. The van der Waals surface area contributed by atoms with Gasteiger partial charge in [0.2, 0.25) is 0 Å². The van der Waals surface area contributed by atoms with E-state index in [0.29, 0.717) is 5.82 Å². The van der Waals surface area contributed by atoms with Crippen LogP contribution in [-0.4, -0.2) is 9.97 Å². The van der Waals surface area contributed by atoms with Crippen molar-refractivity contribution < 1.29 is 0 Å². The first-order valence-corrected chi connectivity index (χ1v) is 17.0. The summed E-state index contributed by atoms with van der Waals surface area (Å²) in [4.78, 5) is 10.6. The molecule has 0 fully saturated rings. The summed E-state index contributed by atoms with van der Waals surface area (Å²) in [6.07, 6.45) is 0. The van der Waals surface area contributed by atoms with Gasteiger partial charge in [-0.2, -0.15) is 0 Å². The number of benzene rings is 8. The molecule has 9 rings (SSSR count). The minimum atomic E-state index is 0.713. The molecule has 0 aliphatic heterocycles. The van der Waals surface area contributed by atoms with Crippen LogP contribution < -0.4 is 0 Å². The summed E-state index contributed by atoms with van der Waals surface area (Å²) >= 11 is 0. The lowest BCUT2D eigenvalue weighted by molar-refractivity contribution is 1.23. The van der Waals surface area contributed by atoms with Gasteiger partial charge in [-0.1, -0.05) is 176 Å². The summed E-state index contributed by atoms with van der Waals surface area (Å²) < 4.78 is 0. The lowest BCUT2D eigenvalue weighted by atomic mass is 9.94. The second-order valence-electron chi connectivity index (χ2n) is 12.6. The van der Waals surface area contributed by atoms with E-state index in [-0.39, 0.29) is 0 Å². The standard InChI is InChI=1S/C48H32N2/c1-3-13-33(14-4-1)38-18-11-20-40(31-38)41-21-12-19-39(32-41)34-25-27-37(28-26-34)48-49-46-43-23-8-7-17-36(43)29-30-45(46)47(50-48)44-24-10-9-22-42(44)35-15-5-2-6-16-35/h1-32H. The van der Waals surface area contributed by atoms with E-state index in [1.54, 1.807) is 0 Å². The van der Waals surface area contributed by atoms with Gasteiger partial charge >= 0.3 is 0 Å². The van der Waals surface area contributed by atoms with Gasteiger partial charge in [0.15, 0.2) is 5.82 Å². The summed E-state index contributed by atoms with van der Waals surface area (Å²) in [5.41, 5.74) is 13.4. The smallest absolute Gasteiger partial charge is 0.160 e. The van der Waals surface area contributed by atoms with E-state index < -0.39 is 0 Å². The van der Waals surface area contributed by atoms with Crippen molar-refractivity contribution in [3.63, 3.8) is 0 Å². The second kappa shape index (κ2) is 12.8. The van der Waals surface area contributed by atoms with Crippen LogP contribution in [0.15, 0.2) is 194 Å². The van der Waals surface area contributed by atoms with Crippen LogP contribution in [0.25, 0.3) is 88.8 Å². The van der Waals surface area contributed by atoms with E-state index in [9.17, 15) is 0 Å². The number of hydrogen-bond acceptors (Lipinski definition) is 2. The Balaban J connectivity index is 1.13. The third kappa shape index (κ3) is 5.53. The fourth-order valence-corrected chi connectivity index (χ4v) is 6.96. The fourth-order valence-electron chi connectivity index (χ4n) is 6.96. The highest BCUT2D eigenvalue weighted by Gasteiger charge is 2.17. The molecule has 2 nitrogen and oxygen atoms in total. The second-order valence-corrected chi connectivity index (χ2v) is 12.6. The SMILES string of the molecule is c1ccc(-c2cccc(-c3cccc(-c4ccc(-c5nc(-c6ccccc6-c6ccccc6)c6ccc7ccccc7c6n5)cc4)c3)c2)cc1. The molecule has 1 aromatic heterocycles. The predicted octanol–water partition coefficient (Wildman–Crippen LogP) is 12.8. The lowest BCUT2D eigenvalue weighted by Gasteiger charge is -2.15. The molecule has 0 spiro atoms. The molecule has 50 heavy (non-hydrogen) atoms. The zero-order chi connectivity index (χ0) is 33.3. The third-order valence-electron chi connectivity index (χ3n) is 9.50. The van der Waals surface area contributed by atoms with Crippen LogP contribution in [0, 0.1) is 0 Å². The van der Waals surface area contributed by atoms with Crippen LogP contribution in [0.3, 0.4) is 0 Å².